The Bertz CT molecular complexity index is 1240. The third-order valence-electron chi connectivity index (χ3n) is 6.67. The van der Waals surface area contributed by atoms with Crippen molar-refractivity contribution in [3.8, 4) is 5.75 Å². The molecule has 0 aliphatic carbocycles. The van der Waals surface area contributed by atoms with Crippen LogP contribution in [0, 0.1) is 0 Å². The van der Waals surface area contributed by atoms with Gasteiger partial charge in [-0.1, -0.05) is 0 Å². The molecule has 5 rings (SSSR count). The van der Waals surface area contributed by atoms with Crippen LogP contribution in [0.5, 0.6) is 5.75 Å². The van der Waals surface area contributed by atoms with E-state index >= 15 is 0 Å². The number of ether oxygens (including phenoxy) is 3. The van der Waals surface area contributed by atoms with Crippen LogP contribution in [-0.2, 0) is 9.47 Å². The minimum absolute atomic E-state index is 0.0493. The largest absolute Gasteiger partial charge is 0.491 e. The lowest BCUT2D eigenvalue weighted by molar-refractivity contribution is -0.141. The first-order chi connectivity index (χ1) is 18.5. The van der Waals surface area contributed by atoms with Crippen LogP contribution in [0.2, 0.25) is 0 Å². The predicted molar refractivity (Wildman–Crippen MR) is 139 cm³/mol. The van der Waals surface area contributed by atoms with E-state index in [1.54, 1.807) is 18.2 Å². The highest BCUT2D eigenvalue weighted by molar-refractivity contribution is 6.04. The van der Waals surface area contributed by atoms with Crippen LogP contribution >= 0.6 is 0 Å². The molecule has 2 aromatic heterocycles. The molecule has 2 atom stereocenters. The smallest absolute Gasteiger partial charge is 0.329 e. The zero-order valence-corrected chi connectivity index (χ0v) is 22.1. The monoisotopic (exact) mass is 546 g/mol. The summed E-state index contributed by atoms with van der Waals surface area (Å²) in [7, 11) is 0. The normalized spacial score (nSPS) is 21.8. The third kappa shape index (κ3) is 6.36. The van der Waals surface area contributed by atoms with Crippen molar-refractivity contribution < 1.29 is 32.6 Å². The predicted octanol–water partition coefficient (Wildman–Crippen LogP) is 3.41. The van der Waals surface area contributed by atoms with Gasteiger partial charge >= 0.3 is 6.03 Å². The van der Waals surface area contributed by atoms with Crippen LogP contribution < -0.4 is 25.2 Å². The highest BCUT2D eigenvalue weighted by Crippen LogP contribution is 2.38. The maximum atomic E-state index is 13.6. The molecule has 0 unspecified atom stereocenters. The summed E-state index contributed by atoms with van der Waals surface area (Å²) >= 11 is 0. The molecule has 2 saturated heterocycles. The van der Waals surface area contributed by atoms with Gasteiger partial charge in [0.2, 0.25) is 0 Å². The van der Waals surface area contributed by atoms with Gasteiger partial charge in [-0.15, -0.1) is 0 Å². The average Bonchev–Trinajstić information content (AvgIpc) is 3.24. The summed E-state index contributed by atoms with van der Waals surface area (Å²) in [6, 6.07) is 5.82. The fourth-order valence-corrected chi connectivity index (χ4v) is 4.91. The fourth-order valence-electron chi connectivity index (χ4n) is 4.91. The number of pyridine rings is 2. The van der Waals surface area contributed by atoms with Gasteiger partial charge < -0.3 is 24.4 Å². The van der Waals surface area contributed by atoms with Crippen molar-refractivity contribution in [3.63, 3.8) is 0 Å². The second-order valence-electron chi connectivity index (χ2n) is 10.5. The summed E-state index contributed by atoms with van der Waals surface area (Å²) in [6.07, 6.45) is 2.94. The van der Waals surface area contributed by atoms with Gasteiger partial charge in [0.05, 0.1) is 24.9 Å². The van der Waals surface area contributed by atoms with Gasteiger partial charge in [-0.3, -0.25) is 15.0 Å². The number of nitrogens with one attached hydrogen (secondary N) is 2. The third-order valence-corrected chi connectivity index (χ3v) is 6.67. The Balaban J connectivity index is 1.32. The molecule has 2 fully saturated rings. The first-order valence-electron chi connectivity index (χ1n) is 12.9. The maximum absolute atomic E-state index is 13.6. The number of carbonyl (C=O) groups is 2. The molecule has 210 valence electrons. The van der Waals surface area contributed by atoms with E-state index in [0.717, 1.165) is 26.3 Å². The van der Waals surface area contributed by atoms with Crippen LogP contribution in [0.15, 0.2) is 30.5 Å². The van der Waals surface area contributed by atoms with Crippen molar-refractivity contribution in [2.24, 2.45) is 0 Å². The summed E-state index contributed by atoms with van der Waals surface area (Å²) < 4.78 is 43.7. The molecule has 0 saturated carbocycles. The van der Waals surface area contributed by atoms with Crippen molar-refractivity contribution in [2.75, 3.05) is 48.0 Å². The van der Waals surface area contributed by atoms with Gasteiger partial charge in [0.1, 0.15) is 30.0 Å². The molecule has 2 N–H and O–H groups in total. The van der Waals surface area contributed by atoms with E-state index in [1.807, 2.05) is 13.8 Å². The van der Waals surface area contributed by atoms with Crippen molar-refractivity contribution >= 4 is 29.3 Å². The molecule has 2 bridgehead atoms. The summed E-state index contributed by atoms with van der Waals surface area (Å²) in [6.45, 7) is 5.69. The van der Waals surface area contributed by atoms with Gasteiger partial charge in [0.25, 0.3) is 11.8 Å². The van der Waals surface area contributed by atoms with Crippen LogP contribution in [0.1, 0.15) is 44.1 Å². The number of alkyl halides is 2. The second-order valence-corrected chi connectivity index (χ2v) is 10.5. The summed E-state index contributed by atoms with van der Waals surface area (Å²) in [5, 5.41) is 5.01. The molecular weight excluding hydrogens is 514 g/mol. The van der Waals surface area contributed by atoms with Crippen molar-refractivity contribution in [3.05, 3.63) is 36.2 Å². The lowest BCUT2D eigenvalue weighted by Crippen LogP contribution is -2.56. The number of halogens is 2. The Labute approximate surface area is 224 Å². The van der Waals surface area contributed by atoms with Crippen LogP contribution in [-0.4, -0.2) is 78.6 Å². The number of amides is 3. The lowest BCUT2D eigenvalue weighted by Gasteiger charge is -2.45. The SMILES string of the molecule is CC(F)(F)CNC(=O)c1ccc2c(n1)N(C(=O)Nc1cc(OC[C@H]3COC(C)(C)O3)ccn1)[C@H]1CCCN2C1. The molecule has 2 aromatic rings. The van der Waals surface area contributed by atoms with Gasteiger partial charge in [-0.2, -0.15) is 0 Å². The van der Waals surface area contributed by atoms with E-state index < -0.39 is 30.2 Å². The topological polar surface area (TPSA) is 118 Å². The van der Waals surface area contributed by atoms with Crippen LogP contribution in [0.3, 0.4) is 0 Å². The molecule has 3 amide bonds. The molecule has 0 spiro atoms. The Morgan fingerprint density at radius 2 is 2.10 bits per heavy atom. The van der Waals surface area contributed by atoms with Crippen molar-refractivity contribution in [1.29, 1.82) is 0 Å². The Kier molecular flexibility index (Phi) is 7.29. The number of hydrogen-bond donors (Lipinski definition) is 2. The van der Waals surface area contributed by atoms with E-state index in [-0.39, 0.29) is 30.3 Å². The lowest BCUT2D eigenvalue weighted by atomic mass is 10.00. The molecule has 3 aliphatic rings. The van der Waals surface area contributed by atoms with E-state index in [1.165, 1.54) is 17.2 Å². The molecule has 5 heterocycles. The quantitative estimate of drug-likeness (QED) is 0.543. The molecular formula is C26H32F2N6O5. The Hall–Kier alpha value is -3.58. The van der Waals surface area contributed by atoms with Crippen LogP contribution in [0.25, 0.3) is 0 Å². The molecule has 0 radical (unpaired) electrons. The Morgan fingerprint density at radius 1 is 1.28 bits per heavy atom. The molecule has 11 nitrogen and oxygen atoms in total. The zero-order chi connectivity index (χ0) is 27.8. The number of rotatable bonds is 7. The molecule has 0 aromatic carbocycles. The number of piperidine rings is 1. The first-order valence-corrected chi connectivity index (χ1v) is 12.9. The average molecular weight is 547 g/mol. The molecule has 3 aliphatic heterocycles. The number of hydrogen-bond acceptors (Lipinski definition) is 8. The van der Waals surface area contributed by atoms with Gasteiger partial charge in [-0.25, -0.2) is 23.5 Å². The number of carbonyl (C=O) groups excluding carboxylic acids is 2. The molecule has 39 heavy (non-hydrogen) atoms. The van der Waals surface area contributed by atoms with Gasteiger partial charge in [-0.05, 0) is 44.9 Å². The number of nitrogens with zero attached hydrogens (tertiary/aromatic N) is 4. The number of anilines is 3. The highest BCUT2D eigenvalue weighted by Gasteiger charge is 2.39. The standard InChI is InChI=1S/C26H32F2N6O5/c1-25(2)38-14-18(39-25)13-37-17-8-9-29-21(11-17)32-24(36)34-16-5-4-10-33(12-16)20-7-6-19(31-22(20)34)23(35)30-15-26(3,27)28/h6-9,11,16,18H,4-5,10,12-15H2,1-3H3,(H,30,35)(H,29,32,36)/t16-,18-/m0/s1. The van der Waals surface area contributed by atoms with E-state index in [0.29, 0.717) is 30.4 Å². The van der Waals surface area contributed by atoms with E-state index in [4.69, 9.17) is 14.2 Å². The van der Waals surface area contributed by atoms with Crippen molar-refractivity contribution in [1.82, 2.24) is 15.3 Å². The number of aromatic nitrogens is 2. The fraction of sp³-hybridized carbons (Fsp3) is 0.538. The summed E-state index contributed by atoms with van der Waals surface area (Å²) in [4.78, 5) is 38.4. The first kappa shape index (κ1) is 27.0. The number of urea groups is 1. The van der Waals surface area contributed by atoms with Gasteiger partial charge in [0.15, 0.2) is 11.6 Å². The maximum Gasteiger partial charge on any atom is 0.329 e. The summed E-state index contributed by atoms with van der Waals surface area (Å²) in [5.41, 5.74) is 0.650. The zero-order valence-electron chi connectivity index (χ0n) is 22.1. The molecule has 13 heteroatoms. The van der Waals surface area contributed by atoms with Gasteiger partial charge in [0, 0.05) is 32.3 Å². The highest BCUT2D eigenvalue weighted by atomic mass is 19.3. The van der Waals surface area contributed by atoms with Crippen molar-refractivity contribution in [2.45, 2.75) is 57.5 Å². The minimum atomic E-state index is -3.06. The number of fused-ring (bicyclic) bond motifs is 4. The van der Waals surface area contributed by atoms with Crippen LogP contribution in [0.4, 0.5) is 30.9 Å². The van der Waals surface area contributed by atoms with E-state index in [9.17, 15) is 18.4 Å². The van der Waals surface area contributed by atoms with E-state index in [2.05, 4.69) is 25.5 Å². The minimum Gasteiger partial charge on any atom is -0.491 e. The second kappa shape index (κ2) is 10.5. The summed E-state index contributed by atoms with van der Waals surface area (Å²) in [5.74, 6) is -3.37. The Morgan fingerprint density at radius 3 is 2.85 bits per heavy atom.